The summed E-state index contributed by atoms with van der Waals surface area (Å²) in [7, 11) is 6.56. The summed E-state index contributed by atoms with van der Waals surface area (Å²) in [5, 5.41) is 6.56. The highest BCUT2D eigenvalue weighted by Gasteiger charge is 2.18. The van der Waals surface area contributed by atoms with Crippen molar-refractivity contribution in [3.05, 3.63) is 138 Å². The van der Waals surface area contributed by atoms with Crippen molar-refractivity contribution < 1.29 is 0 Å². The molecular formula is C51H56ClN9. The quantitative estimate of drug-likeness (QED) is 0.169. The number of anilines is 5. The molecule has 5 heterocycles. The Morgan fingerprint density at radius 1 is 0.426 bits per heavy atom. The number of fused-ring (bicyclic) bond motifs is 2. The van der Waals surface area contributed by atoms with Gasteiger partial charge in [-0.05, 0) is 93.9 Å². The maximum Gasteiger partial charge on any atom is 0.0730 e. The van der Waals surface area contributed by atoms with Gasteiger partial charge in [-0.3, -0.25) is 0 Å². The first-order valence-electron chi connectivity index (χ1n) is 21.7. The van der Waals surface area contributed by atoms with Crippen LogP contribution in [0.15, 0.2) is 133 Å². The molecule has 3 aliphatic rings. The largest absolute Gasteiger partial charge is 0.369 e. The summed E-state index contributed by atoms with van der Waals surface area (Å²) in [6.45, 7) is 13.1. The fourth-order valence-electron chi connectivity index (χ4n) is 8.50. The molecule has 0 bridgehead atoms. The highest BCUT2D eigenvalue weighted by atomic mass is 35.5. The van der Waals surface area contributed by atoms with E-state index in [0.717, 1.165) is 139 Å². The van der Waals surface area contributed by atoms with Crippen LogP contribution in [0.2, 0.25) is 5.02 Å². The summed E-state index contributed by atoms with van der Waals surface area (Å²) in [5.41, 5.74) is 12.1. The molecule has 2 aromatic heterocycles. The first kappa shape index (κ1) is 40.7. The molecule has 0 aliphatic carbocycles. The minimum absolute atomic E-state index is 0.749. The second-order valence-corrected chi connectivity index (χ2v) is 17.1. The molecule has 0 radical (unpaired) electrons. The molecule has 3 saturated heterocycles. The highest BCUT2D eigenvalue weighted by Crippen LogP contribution is 2.33. The van der Waals surface area contributed by atoms with Crippen molar-refractivity contribution in [1.82, 2.24) is 24.7 Å². The van der Waals surface area contributed by atoms with Gasteiger partial charge in [-0.1, -0.05) is 72.3 Å². The summed E-state index contributed by atoms with van der Waals surface area (Å²) >= 11 is 6.43. The summed E-state index contributed by atoms with van der Waals surface area (Å²) < 4.78 is 0. The molecular weight excluding hydrogens is 774 g/mol. The SMILES string of the molecule is CN1CCN(c2ccc(-c3cc(Cl)c4ccccc4n3)cc2)CC1.CN1CCN(c2ccc(Nc3cc(-c4ccc(N5CCN(C)CC5)cc4)nc4ccccc34)cc2)CC1. The van der Waals surface area contributed by atoms with Gasteiger partial charge in [0.1, 0.15) is 0 Å². The molecule has 5 aromatic carbocycles. The van der Waals surface area contributed by atoms with Gasteiger partial charge in [0.15, 0.2) is 0 Å². The van der Waals surface area contributed by atoms with Gasteiger partial charge in [0.2, 0.25) is 0 Å². The second kappa shape index (κ2) is 18.5. The molecule has 3 aliphatic heterocycles. The van der Waals surface area contributed by atoms with E-state index in [9.17, 15) is 0 Å². The van der Waals surface area contributed by atoms with Crippen LogP contribution in [0.25, 0.3) is 44.3 Å². The predicted molar refractivity (Wildman–Crippen MR) is 258 cm³/mol. The Hall–Kier alpha value is -5.71. The van der Waals surface area contributed by atoms with Gasteiger partial charge in [-0.15, -0.1) is 0 Å². The number of aromatic nitrogens is 2. The van der Waals surface area contributed by atoms with Crippen molar-refractivity contribution in [2.75, 3.05) is 120 Å². The zero-order valence-corrected chi connectivity index (χ0v) is 36.4. The maximum absolute atomic E-state index is 6.43. The molecule has 7 aromatic rings. The van der Waals surface area contributed by atoms with Crippen LogP contribution in [0.3, 0.4) is 0 Å². The minimum atomic E-state index is 0.749. The molecule has 0 unspecified atom stereocenters. The van der Waals surface area contributed by atoms with Crippen LogP contribution in [-0.4, -0.2) is 124 Å². The van der Waals surface area contributed by atoms with E-state index in [0.29, 0.717) is 0 Å². The summed E-state index contributed by atoms with van der Waals surface area (Å²) in [5.74, 6) is 0. The Balaban J connectivity index is 0.000000171. The van der Waals surface area contributed by atoms with Gasteiger partial charge >= 0.3 is 0 Å². The smallest absolute Gasteiger partial charge is 0.0730 e. The average molecular weight is 831 g/mol. The Morgan fingerprint density at radius 2 is 0.803 bits per heavy atom. The van der Waals surface area contributed by atoms with Crippen LogP contribution >= 0.6 is 11.6 Å². The van der Waals surface area contributed by atoms with E-state index in [1.807, 2.05) is 30.3 Å². The van der Waals surface area contributed by atoms with E-state index >= 15 is 0 Å². The molecule has 0 atom stereocenters. The van der Waals surface area contributed by atoms with Crippen molar-refractivity contribution in [2.45, 2.75) is 0 Å². The topological polar surface area (TPSA) is 57.3 Å². The number of pyridine rings is 2. The minimum Gasteiger partial charge on any atom is -0.369 e. The van der Waals surface area contributed by atoms with Crippen LogP contribution in [0.1, 0.15) is 0 Å². The number of rotatable bonds is 7. The fourth-order valence-corrected chi connectivity index (χ4v) is 8.76. The van der Waals surface area contributed by atoms with Crippen LogP contribution in [0.4, 0.5) is 28.4 Å². The molecule has 3 fully saturated rings. The number of nitrogens with zero attached hydrogens (tertiary/aromatic N) is 8. The average Bonchev–Trinajstić information content (AvgIpc) is 3.30. The van der Waals surface area contributed by atoms with E-state index < -0.39 is 0 Å². The monoisotopic (exact) mass is 829 g/mol. The van der Waals surface area contributed by atoms with Gasteiger partial charge < -0.3 is 34.7 Å². The predicted octanol–water partition coefficient (Wildman–Crippen LogP) is 9.46. The van der Waals surface area contributed by atoms with E-state index in [2.05, 4.69) is 159 Å². The van der Waals surface area contributed by atoms with Crippen LogP contribution in [0, 0.1) is 0 Å². The fraction of sp³-hybridized carbons (Fsp3) is 0.294. The zero-order valence-electron chi connectivity index (χ0n) is 35.6. The number of piperazine rings is 3. The lowest BCUT2D eigenvalue weighted by atomic mass is 10.1. The number of para-hydroxylation sites is 2. The van der Waals surface area contributed by atoms with E-state index in [4.69, 9.17) is 21.6 Å². The number of likely N-dealkylation sites (N-methyl/N-ethyl adjacent to an activating group) is 3. The lowest BCUT2D eigenvalue weighted by Crippen LogP contribution is -2.44. The third-order valence-electron chi connectivity index (χ3n) is 12.5. The van der Waals surface area contributed by atoms with Gasteiger partial charge in [0.05, 0.1) is 33.1 Å². The number of hydrogen-bond acceptors (Lipinski definition) is 9. The molecule has 61 heavy (non-hydrogen) atoms. The van der Waals surface area contributed by atoms with Crippen LogP contribution < -0.4 is 20.0 Å². The molecule has 9 nitrogen and oxygen atoms in total. The Bertz CT molecular complexity index is 2540. The van der Waals surface area contributed by atoms with Crippen molar-refractivity contribution >= 4 is 61.8 Å². The van der Waals surface area contributed by atoms with Gasteiger partial charge in [0.25, 0.3) is 0 Å². The Labute approximate surface area is 365 Å². The van der Waals surface area contributed by atoms with Crippen LogP contribution in [0.5, 0.6) is 0 Å². The highest BCUT2D eigenvalue weighted by molar-refractivity contribution is 6.35. The van der Waals surface area contributed by atoms with Gasteiger partial charge in [-0.25, -0.2) is 9.97 Å². The van der Waals surface area contributed by atoms with Gasteiger partial charge in [0, 0.05) is 123 Å². The standard InChI is InChI=1S/C31H36N6.C20H20ClN3/c1-34-15-19-36(20-16-34)26-11-7-24(8-12-26)30-23-31(28-5-3-4-6-29(28)33-30)32-25-9-13-27(14-10-25)37-21-17-35(2)18-22-37;1-23-10-12-24(13-11-23)16-8-6-15(7-9-16)20-14-18(21)17-4-2-3-5-19(17)22-20/h3-14,23H,15-22H2,1-2H3,(H,32,33);2-9,14H,10-13H2,1H3. The molecule has 312 valence electrons. The van der Waals surface area contributed by atoms with Crippen molar-refractivity contribution in [3.8, 4) is 22.5 Å². The first-order valence-corrected chi connectivity index (χ1v) is 22.0. The number of benzene rings is 5. The van der Waals surface area contributed by atoms with E-state index in [-0.39, 0.29) is 0 Å². The van der Waals surface area contributed by atoms with Crippen molar-refractivity contribution in [3.63, 3.8) is 0 Å². The molecule has 10 rings (SSSR count). The number of nitrogens with one attached hydrogen (secondary N) is 1. The lowest BCUT2D eigenvalue weighted by molar-refractivity contribution is 0.313. The molecule has 0 spiro atoms. The Kier molecular flexibility index (Phi) is 12.3. The van der Waals surface area contributed by atoms with Gasteiger partial charge in [-0.2, -0.15) is 0 Å². The Morgan fingerprint density at radius 3 is 1.26 bits per heavy atom. The zero-order chi connectivity index (χ0) is 41.7. The maximum atomic E-state index is 6.43. The summed E-state index contributed by atoms with van der Waals surface area (Å²) in [4.78, 5) is 24.3. The third-order valence-corrected chi connectivity index (χ3v) is 12.8. The lowest BCUT2D eigenvalue weighted by Gasteiger charge is -2.34. The third kappa shape index (κ3) is 9.61. The summed E-state index contributed by atoms with van der Waals surface area (Å²) in [6, 6.07) is 46.9. The molecule has 0 amide bonds. The normalized spacial score (nSPS) is 16.8. The van der Waals surface area contributed by atoms with E-state index in [1.54, 1.807) is 0 Å². The van der Waals surface area contributed by atoms with Crippen molar-refractivity contribution in [1.29, 1.82) is 0 Å². The number of halogens is 1. The van der Waals surface area contributed by atoms with Crippen molar-refractivity contribution in [2.24, 2.45) is 0 Å². The molecule has 0 saturated carbocycles. The molecule has 10 heteroatoms. The molecule has 1 N–H and O–H groups in total. The van der Waals surface area contributed by atoms with E-state index in [1.165, 1.54) is 17.1 Å². The second-order valence-electron chi connectivity index (χ2n) is 16.7. The number of hydrogen-bond donors (Lipinski definition) is 1. The summed E-state index contributed by atoms with van der Waals surface area (Å²) in [6.07, 6.45) is 0. The first-order chi connectivity index (χ1) is 29.8. The van der Waals surface area contributed by atoms with Crippen LogP contribution in [-0.2, 0) is 0 Å².